The van der Waals surface area contributed by atoms with Gasteiger partial charge in [0.25, 0.3) is 5.91 Å². The summed E-state index contributed by atoms with van der Waals surface area (Å²) >= 11 is 0. The normalized spacial score (nSPS) is 10.4. The molecule has 1 rings (SSSR count). The van der Waals surface area contributed by atoms with Gasteiger partial charge >= 0.3 is 5.97 Å². The molecule has 0 radical (unpaired) electrons. The van der Waals surface area contributed by atoms with Gasteiger partial charge in [0.15, 0.2) is 0 Å². The van der Waals surface area contributed by atoms with Crippen LogP contribution >= 0.6 is 0 Å². The van der Waals surface area contributed by atoms with Crippen LogP contribution in [0.2, 0.25) is 0 Å². The molecule has 0 saturated heterocycles. The highest BCUT2D eigenvalue weighted by atomic mass is 16.4. The number of nitrogens with zero attached hydrogens (tertiary/aromatic N) is 2. The Labute approximate surface area is 93.3 Å². The summed E-state index contributed by atoms with van der Waals surface area (Å²) in [6.45, 7) is 4.21. The molecule has 6 heteroatoms. The Hall–Kier alpha value is -1.85. The molecule has 1 aromatic rings. The van der Waals surface area contributed by atoms with E-state index in [1.165, 1.54) is 12.3 Å². The summed E-state index contributed by atoms with van der Waals surface area (Å²) in [5.41, 5.74) is 0.267. The summed E-state index contributed by atoms with van der Waals surface area (Å²) in [7, 11) is 0. The number of aliphatic carboxylic acids is 1. The number of carbonyl (C=O) groups is 2. The molecule has 2 N–H and O–H groups in total. The first-order valence-electron chi connectivity index (χ1n) is 5.02. The minimum atomic E-state index is -1.03. The molecule has 0 aromatic carbocycles. The molecule has 6 nitrogen and oxygen atoms in total. The van der Waals surface area contributed by atoms with Gasteiger partial charge in [-0.05, 0) is 12.0 Å². The number of aromatic nitrogens is 2. The van der Waals surface area contributed by atoms with Crippen molar-refractivity contribution in [2.24, 2.45) is 5.92 Å². The van der Waals surface area contributed by atoms with E-state index in [1.807, 2.05) is 13.8 Å². The summed E-state index contributed by atoms with van der Waals surface area (Å²) in [6, 6.07) is 1.50. The third-order valence-corrected chi connectivity index (χ3v) is 1.91. The van der Waals surface area contributed by atoms with Crippen molar-refractivity contribution < 1.29 is 14.7 Å². The second kappa shape index (κ2) is 5.29. The Bertz CT molecular complexity index is 384. The predicted molar refractivity (Wildman–Crippen MR) is 57.0 cm³/mol. The van der Waals surface area contributed by atoms with Gasteiger partial charge in [-0.15, -0.1) is 0 Å². The highest BCUT2D eigenvalue weighted by Crippen LogP contribution is 1.99. The molecule has 0 unspecified atom stereocenters. The molecule has 1 aromatic heterocycles. The second-order valence-electron chi connectivity index (χ2n) is 3.87. The van der Waals surface area contributed by atoms with Crippen molar-refractivity contribution in [2.45, 2.75) is 20.4 Å². The van der Waals surface area contributed by atoms with Crippen LogP contribution < -0.4 is 5.32 Å². The molecule has 0 spiro atoms. The van der Waals surface area contributed by atoms with Gasteiger partial charge in [0.05, 0.1) is 0 Å². The Morgan fingerprint density at radius 2 is 2.25 bits per heavy atom. The lowest BCUT2D eigenvalue weighted by atomic mass is 10.2. The van der Waals surface area contributed by atoms with E-state index in [4.69, 9.17) is 5.11 Å². The first-order chi connectivity index (χ1) is 7.50. The average molecular weight is 225 g/mol. The van der Waals surface area contributed by atoms with Crippen molar-refractivity contribution in [3.8, 4) is 0 Å². The second-order valence-corrected chi connectivity index (χ2v) is 3.87. The standard InChI is InChI=1S/C10H15N3O3/c1-7(2)5-11-10(16)8-3-4-12-13(8)6-9(14)15/h3-4,7H,5-6H2,1-2H3,(H,11,16)(H,14,15). The molecule has 0 aliphatic carbocycles. The number of carboxylic acids is 1. The molecule has 0 saturated carbocycles. The zero-order chi connectivity index (χ0) is 12.1. The van der Waals surface area contributed by atoms with Crippen LogP contribution in [-0.4, -0.2) is 33.3 Å². The van der Waals surface area contributed by atoms with Gasteiger partial charge in [0, 0.05) is 12.7 Å². The van der Waals surface area contributed by atoms with Crippen LogP contribution in [0.15, 0.2) is 12.3 Å². The van der Waals surface area contributed by atoms with E-state index in [0.717, 1.165) is 4.68 Å². The highest BCUT2D eigenvalue weighted by Gasteiger charge is 2.13. The maximum Gasteiger partial charge on any atom is 0.325 e. The van der Waals surface area contributed by atoms with Gasteiger partial charge in [0.2, 0.25) is 0 Å². The Morgan fingerprint density at radius 1 is 1.56 bits per heavy atom. The van der Waals surface area contributed by atoms with Gasteiger partial charge in [-0.1, -0.05) is 13.8 Å². The molecule has 1 amide bonds. The molecule has 88 valence electrons. The van der Waals surface area contributed by atoms with Crippen molar-refractivity contribution in [1.29, 1.82) is 0 Å². The monoisotopic (exact) mass is 225 g/mol. The van der Waals surface area contributed by atoms with Gasteiger partial charge < -0.3 is 10.4 Å². The summed E-state index contributed by atoms with van der Waals surface area (Å²) in [5.74, 6) is -0.978. The summed E-state index contributed by atoms with van der Waals surface area (Å²) in [5, 5.41) is 15.1. The first kappa shape index (κ1) is 12.2. The van der Waals surface area contributed by atoms with E-state index in [0.29, 0.717) is 12.5 Å². The fourth-order valence-corrected chi connectivity index (χ4v) is 1.17. The van der Waals surface area contributed by atoms with Gasteiger partial charge in [-0.25, -0.2) is 4.68 Å². The maximum atomic E-state index is 11.6. The van der Waals surface area contributed by atoms with E-state index in [1.54, 1.807) is 0 Å². The zero-order valence-electron chi connectivity index (χ0n) is 9.30. The molecule has 0 aliphatic heterocycles. The van der Waals surface area contributed by atoms with E-state index in [-0.39, 0.29) is 18.1 Å². The lowest BCUT2D eigenvalue weighted by molar-refractivity contribution is -0.137. The van der Waals surface area contributed by atoms with E-state index >= 15 is 0 Å². The summed E-state index contributed by atoms with van der Waals surface area (Å²) in [4.78, 5) is 22.2. The van der Waals surface area contributed by atoms with E-state index in [9.17, 15) is 9.59 Å². The fourth-order valence-electron chi connectivity index (χ4n) is 1.17. The van der Waals surface area contributed by atoms with Crippen LogP contribution in [0.4, 0.5) is 0 Å². The van der Waals surface area contributed by atoms with Gasteiger partial charge in [-0.2, -0.15) is 5.10 Å². The van der Waals surface area contributed by atoms with Crippen molar-refractivity contribution in [1.82, 2.24) is 15.1 Å². The summed E-state index contributed by atoms with van der Waals surface area (Å²) in [6.07, 6.45) is 1.41. The van der Waals surface area contributed by atoms with Crippen LogP contribution in [0, 0.1) is 5.92 Å². The number of rotatable bonds is 5. The first-order valence-corrected chi connectivity index (χ1v) is 5.02. The van der Waals surface area contributed by atoms with E-state index < -0.39 is 5.97 Å². The largest absolute Gasteiger partial charge is 0.480 e. The Morgan fingerprint density at radius 3 is 2.81 bits per heavy atom. The quantitative estimate of drug-likeness (QED) is 0.757. The molecule has 0 aliphatic rings. The third-order valence-electron chi connectivity index (χ3n) is 1.91. The van der Waals surface area contributed by atoms with Gasteiger partial charge in [0.1, 0.15) is 12.2 Å². The molecule has 0 bridgehead atoms. The number of hydrogen-bond donors (Lipinski definition) is 2. The van der Waals surface area contributed by atoms with Crippen molar-refractivity contribution in [2.75, 3.05) is 6.54 Å². The van der Waals surface area contributed by atoms with Crippen LogP contribution in [0.25, 0.3) is 0 Å². The molecule has 1 heterocycles. The molecule has 0 atom stereocenters. The smallest absolute Gasteiger partial charge is 0.325 e. The number of nitrogens with one attached hydrogen (secondary N) is 1. The Kier molecular flexibility index (Phi) is 4.04. The average Bonchev–Trinajstić information content (AvgIpc) is 2.61. The molecular weight excluding hydrogens is 210 g/mol. The van der Waals surface area contributed by atoms with Gasteiger partial charge in [-0.3, -0.25) is 9.59 Å². The molecule has 0 fully saturated rings. The maximum absolute atomic E-state index is 11.6. The lowest BCUT2D eigenvalue weighted by Crippen LogP contribution is -2.30. The molecular formula is C10H15N3O3. The minimum Gasteiger partial charge on any atom is -0.480 e. The highest BCUT2D eigenvalue weighted by molar-refractivity contribution is 5.92. The zero-order valence-corrected chi connectivity index (χ0v) is 9.30. The lowest BCUT2D eigenvalue weighted by Gasteiger charge is -2.08. The topological polar surface area (TPSA) is 84.2 Å². The van der Waals surface area contributed by atoms with E-state index in [2.05, 4.69) is 10.4 Å². The SMILES string of the molecule is CC(C)CNC(=O)c1ccnn1CC(=O)O. The van der Waals surface area contributed by atoms with Crippen molar-refractivity contribution in [3.05, 3.63) is 18.0 Å². The number of amides is 1. The van der Waals surface area contributed by atoms with Crippen LogP contribution in [-0.2, 0) is 11.3 Å². The number of carboxylic acid groups (broad SMARTS) is 1. The van der Waals surface area contributed by atoms with Crippen molar-refractivity contribution in [3.63, 3.8) is 0 Å². The minimum absolute atomic E-state index is 0.267. The molecule has 16 heavy (non-hydrogen) atoms. The van der Waals surface area contributed by atoms with Crippen molar-refractivity contribution >= 4 is 11.9 Å². The van der Waals surface area contributed by atoms with Crippen LogP contribution in [0.3, 0.4) is 0 Å². The number of hydrogen-bond acceptors (Lipinski definition) is 3. The summed E-state index contributed by atoms with van der Waals surface area (Å²) < 4.78 is 1.16. The van der Waals surface area contributed by atoms with Crippen LogP contribution in [0.1, 0.15) is 24.3 Å². The predicted octanol–water partition coefficient (Wildman–Crippen LogP) is 0.353. The van der Waals surface area contributed by atoms with Crippen LogP contribution in [0.5, 0.6) is 0 Å². The Balaban J connectivity index is 2.68. The third kappa shape index (κ3) is 3.38. The fraction of sp³-hybridized carbons (Fsp3) is 0.500. The number of carbonyl (C=O) groups excluding carboxylic acids is 1.